The van der Waals surface area contributed by atoms with Gasteiger partial charge in [0.05, 0.1) is 12.8 Å². The molecule has 2 aromatic heterocycles. The number of nitrogens with zero attached hydrogens (tertiary/aromatic N) is 1. The van der Waals surface area contributed by atoms with Crippen molar-refractivity contribution in [2.24, 2.45) is 0 Å². The van der Waals surface area contributed by atoms with E-state index in [1.54, 1.807) is 6.26 Å². The zero-order valence-electron chi connectivity index (χ0n) is 10.1. The standard InChI is InChI=1S/C14H18N2O/c1-2-7-15-11-14-12(6-9-17-14)10-13-5-3-4-8-16-13/h3-6,8-9,15H,2,7,10-11H2,1H3. The first kappa shape index (κ1) is 11.9. The van der Waals surface area contributed by atoms with Crippen LogP contribution in [-0.4, -0.2) is 11.5 Å². The minimum atomic E-state index is 0.795. The lowest BCUT2D eigenvalue weighted by Crippen LogP contribution is -2.14. The summed E-state index contributed by atoms with van der Waals surface area (Å²) < 4.78 is 5.49. The molecule has 3 heteroatoms. The number of hydrogen-bond acceptors (Lipinski definition) is 3. The van der Waals surface area contributed by atoms with Crippen LogP contribution >= 0.6 is 0 Å². The van der Waals surface area contributed by atoms with Gasteiger partial charge in [0.25, 0.3) is 0 Å². The van der Waals surface area contributed by atoms with Gasteiger partial charge >= 0.3 is 0 Å². The summed E-state index contributed by atoms with van der Waals surface area (Å²) >= 11 is 0. The first-order valence-corrected chi connectivity index (χ1v) is 6.06. The predicted octanol–water partition coefficient (Wildman–Crippen LogP) is 2.77. The summed E-state index contributed by atoms with van der Waals surface area (Å²) in [5.74, 6) is 1.02. The highest BCUT2D eigenvalue weighted by Crippen LogP contribution is 2.14. The lowest BCUT2D eigenvalue weighted by atomic mass is 10.1. The molecule has 0 saturated carbocycles. The van der Waals surface area contributed by atoms with Crippen LogP contribution in [0.3, 0.4) is 0 Å². The van der Waals surface area contributed by atoms with Crippen LogP contribution in [0.2, 0.25) is 0 Å². The van der Waals surface area contributed by atoms with E-state index in [0.29, 0.717) is 0 Å². The summed E-state index contributed by atoms with van der Waals surface area (Å²) in [5, 5.41) is 3.35. The van der Waals surface area contributed by atoms with Gasteiger partial charge in [-0.1, -0.05) is 13.0 Å². The van der Waals surface area contributed by atoms with Crippen molar-refractivity contribution in [2.75, 3.05) is 6.54 Å². The zero-order chi connectivity index (χ0) is 11.9. The van der Waals surface area contributed by atoms with E-state index in [2.05, 4.69) is 17.2 Å². The van der Waals surface area contributed by atoms with Gasteiger partial charge in [-0.05, 0) is 31.2 Å². The average molecular weight is 230 g/mol. The third-order valence-electron chi connectivity index (χ3n) is 2.65. The van der Waals surface area contributed by atoms with E-state index in [4.69, 9.17) is 4.42 Å². The van der Waals surface area contributed by atoms with Gasteiger partial charge in [-0.15, -0.1) is 0 Å². The van der Waals surface area contributed by atoms with E-state index in [1.807, 2.05) is 30.5 Å². The van der Waals surface area contributed by atoms with Crippen molar-refractivity contribution in [3.63, 3.8) is 0 Å². The van der Waals surface area contributed by atoms with E-state index in [0.717, 1.165) is 37.4 Å². The number of furan rings is 1. The molecule has 0 saturated heterocycles. The van der Waals surface area contributed by atoms with Crippen LogP contribution in [0, 0.1) is 0 Å². The fourth-order valence-electron chi connectivity index (χ4n) is 1.76. The second-order valence-corrected chi connectivity index (χ2v) is 4.04. The van der Waals surface area contributed by atoms with E-state index in [-0.39, 0.29) is 0 Å². The SMILES string of the molecule is CCCNCc1occc1Cc1ccccn1. The highest BCUT2D eigenvalue weighted by Gasteiger charge is 2.06. The first-order chi connectivity index (χ1) is 8.40. The molecule has 0 aliphatic rings. The van der Waals surface area contributed by atoms with Crippen molar-refractivity contribution < 1.29 is 4.42 Å². The van der Waals surface area contributed by atoms with Gasteiger partial charge in [0, 0.05) is 23.9 Å². The molecule has 2 heterocycles. The molecule has 0 spiro atoms. The maximum atomic E-state index is 5.49. The third kappa shape index (κ3) is 3.43. The summed E-state index contributed by atoms with van der Waals surface area (Å²) in [6.45, 7) is 3.97. The Morgan fingerprint density at radius 3 is 3.00 bits per heavy atom. The number of nitrogens with one attached hydrogen (secondary N) is 1. The number of rotatable bonds is 6. The summed E-state index contributed by atoms with van der Waals surface area (Å²) in [6.07, 6.45) is 5.54. The molecule has 0 radical (unpaired) electrons. The summed E-state index contributed by atoms with van der Waals surface area (Å²) in [7, 11) is 0. The lowest BCUT2D eigenvalue weighted by molar-refractivity contribution is 0.479. The Hall–Kier alpha value is -1.61. The molecular weight excluding hydrogens is 212 g/mol. The van der Waals surface area contributed by atoms with Crippen molar-refractivity contribution in [1.82, 2.24) is 10.3 Å². The van der Waals surface area contributed by atoms with Gasteiger partial charge < -0.3 is 9.73 Å². The minimum Gasteiger partial charge on any atom is -0.468 e. The molecule has 3 nitrogen and oxygen atoms in total. The Labute approximate surface area is 102 Å². The van der Waals surface area contributed by atoms with Gasteiger partial charge in [0.2, 0.25) is 0 Å². The minimum absolute atomic E-state index is 0.795. The van der Waals surface area contributed by atoms with Crippen LogP contribution in [0.15, 0.2) is 41.1 Å². The molecule has 17 heavy (non-hydrogen) atoms. The van der Waals surface area contributed by atoms with E-state index in [9.17, 15) is 0 Å². The van der Waals surface area contributed by atoms with Crippen LogP contribution in [-0.2, 0) is 13.0 Å². The van der Waals surface area contributed by atoms with Gasteiger partial charge in [-0.2, -0.15) is 0 Å². The Morgan fingerprint density at radius 1 is 1.29 bits per heavy atom. The molecule has 0 amide bonds. The van der Waals surface area contributed by atoms with Crippen molar-refractivity contribution in [1.29, 1.82) is 0 Å². The second-order valence-electron chi connectivity index (χ2n) is 4.04. The Morgan fingerprint density at radius 2 is 2.24 bits per heavy atom. The number of hydrogen-bond donors (Lipinski definition) is 1. The average Bonchev–Trinajstić information content (AvgIpc) is 2.79. The topological polar surface area (TPSA) is 38.1 Å². The number of aromatic nitrogens is 1. The largest absolute Gasteiger partial charge is 0.468 e. The summed E-state index contributed by atoms with van der Waals surface area (Å²) in [4.78, 5) is 4.33. The van der Waals surface area contributed by atoms with Crippen LogP contribution in [0.25, 0.3) is 0 Å². The van der Waals surface area contributed by atoms with Crippen LogP contribution in [0.5, 0.6) is 0 Å². The smallest absolute Gasteiger partial charge is 0.121 e. The molecule has 0 aliphatic carbocycles. The predicted molar refractivity (Wildman–Crippen MR) is 67.7 cm³/mol. The highest BCUT2D eigenvalue weighted by molar-refractivity contribution is 5.23. The molecule has 0 bridgehead atoms. The van der Waals surface area contributed by atoms with E-state index < -0.39 is 0 Å². The van der Waals surface area contributed by atoms with Crippen LogP contribution < -0.4 is 5.32 Å². The molecule has 0 atom stereocenters. The van der Waals surface area contributed by atoms with Crippen LogP contribution in [0.4, 0.5) is 0 Å². The Balaban J connectivity index is 1.99. The van der Waals surface area contributed by atoms with Gasteiger partial charge in [-0.3, -0.25) is 4.98 Å². The Kier molecular flexibility index (Phi) is 4.33. The molecule has 0 fully saturated rings. The maximum Gasteiger partial charge on any atom is 0.121 e. The van der Waals surface area contributed by atoms with Crippen molar-refractivity contribution in [3.05, 3.63) is 53.7 Å². The molecule has 90 valence electrons. The highest BCUT2D eigenvalue weighted by atomic mass is 16.3. The molecular formula is C14H18N2O. The lowest BCUT2D eigenvalue weighted by Gasteiger charge is -2.03. The van der Waals surface area contributed by atoms with Gasteiger partial charge in [0.1, 0.15) is 5.76 Å². The fraction of sp³-hybridized carbons (Fsp3) is 0.357. The van der Waals surface area contributed by atoms with E-state index >= 15 is 0 Å². The zero-order valence-corrected chi connectivity index (χ0v) is 10.1. The van der Waals surface area contributed by atoms with Crippen molar-refractivity contribution >= 4 is 0 Å². The number of pyridine rings is 1. The molecule has 1 N–H and O–H groups in total. The van der Waals surface area contributed by atoms with Crippen molar-refractivity contribution in [3.8, 4) is 0 Å². The van der Waals surface area contributed by atoms with Crippen molar-refractivity contribution in [2.45, 2.75) is 26.3 Å². The molecule has 0 aromatic carbocycles. The Bertz CT molecular complexity index is 436. The summed E-state index contributed by atoms with van der Waals surface area (Å²) in [6, 6.07) is 8.01. The fourth-order valence-corrected chi connectivity index (χ4v) is 1.76. The van der Waals surface area contributed by atoms with Gasteiger partial charge in [-0.25, -0.2) is 0 Å². The first-order valence-electron chi connectivity index (χ1n) is 6.06. The third-order valence-corrected chi connectivity index (χ3v) is 2.65. The molecule has 2 aromatic rings. The second kappa shape index (κ2) is 6.21. The monoisotopic (exact) mass is 230 g/mol. The van der Waals surface area contributed by atoms with E-state index in [1.165, 1.54) is 5.56 Å². The quantitative estimate of drug-likeness (QED) is 0.775. The normalized spacial score (nSPS) is 10.6. The maximum absolute atomic E-state index is 5.49. The molecule has 0 unspecified atom stereocenters. The summed E-state index contributed by atoms with van der Waals surface area (Å²) in [5.41, 5.74) is 2.29. The van der Waals surface area contributed by atoms with Gasteiger partial charge in [0.15, 0.2) is 0 Å². The van der Waals surface area contributed by atoms with Crippen LogP contribution in [0.1, 0.15) is 30.4 Å². The molecule has 0 aliphatic heterocycles. The molecule has 2 rings (SSSR count).